The summed E-state index contributed by atoms with van der Waals surface area (Å²) in [6.45, 7) is 1.97. The summed E-state index contributed by atoms with van der Waals surface area (Å²) in [6.07, 6.45) is 9.34. The number of hydrogen-bond donors (Lipinski definition) is 3. The van der Waals surface area contributed by atoms with E-state index >= 15 is 0 Å². The smallest absolute Gasteiger partial charge is 0.160 e. The highest BCUT2D eigenvalue weighted by Gasteiger charge is 2.19. The van der Waals surface area contributed by atoms with Crippen LogP contribution in [0.3, 0.4) is 0 Å². The predicted octanol–water partition coefficient (Wildman–Crippen LogP) is 4.57. The number of phenolic OH excluding ortho intramolecular Hbond substituents is 1. The first-order valence-corrected chi connectivity index (χ1v) is 11.8. The molecule has 180 valence electrons. The highest BCUT2D eigenvalue weighted by atomic mass is 19.1. The molecule has 4 aromatic heterocycles. The average Bonchev–Trinajstić information content (AvgIpc) is 3.41. The first-order valence-electron chi connectivity index (χ1n) is 11.8. The minimum atomic E-state index is -0.494. The van der Waals surface area contributed by atoms with Gasteiger partial charge in [0.1, 0.15) is 17.4 Å². The Bertz CT molecular complexity index is 1580. The first kappa shape index (κ1) is 22.1. The number of fused-ring (bicyclic) bond motifs is 1. The zero-order valence-corrected chi connectivity index (χ0v) is 19.4. The second-order valence-electron chi connectivity index (χ2n) is 8.94. The third-order valence-electron chi connectivity index (χ3n) is 6.64. The maximum atomic E-state index is 14.7. The van der Waals surface area contributed by atoms with Gasteiger partial charge in [-0.25, -0.2) is 19.3 Å². The van der Waals surface area contributed by atoms with Gasteiger partial charge in [0.2, 0.25) is 0 Å². The maximum Gasteiger partial charge on any atom is 0.160 e. The van der Waals surface area contributed by atoms with Gasteiger partial charge in [0, 0.05) is 46.2 Å². The van der Waals surface area contributed by atoms with Crippen LogP contribution in [0.5, 0.6) is 5.75 Å². The van der Waals surface area contributed by atoms with Crippen LogP contribution in [0.15, 0.2) is 67.3 Å². The van der Waals surface area contributed by atoms with Gasteiger partial charge in [-0.2, -0.15) is 5.10 Å². The van der Waals surface area contributed by atoms with Crippen molar-refractivity contribution in [3.63, 3.8) is 0 Å². The van der Waals surface area contributed by atoms with Gasteiger partial charge in [-0.05, 0) is 74.0 Å². The molecule has 1 fully saturated rings. The third-order valence-corrected chi connectivity index (χ3v) is 6.64. The monoisotopic (exact) mass is 481 g/mol. The molecule has 6 rings (SSSR count). The molecule has 9 heteroatoms. The second-order valence-corrected chi connectivity index (χ2v) is 8.94. The van der Waals surface area contributed by atoms with E-state index in [2.05, 4.69) is 25.4 Å². The number of halogens is 1. The van der Waals surface area contributed by atoms with Crippen molar-refractivity contribution in [1.82, 2.24) is 30.0 Å². The van der Waals surface area contributed by atoms with E-state index in [4.69, 9.17) is 5.73 Å². The highest BCUT2D eigenvalue weighted by molar-refractivity contribution is 5.98. The average molecular weight is 482 g/mol. The Morgan fingerprint density at radius 2 is 1.83 bits per heavy atom. The van der Waals surface area contributed by atoms with Gasteiger partial charge >= 0.3 is 0 Å². The summed E-state index contributed by atoms with van der Waals surface area (Å²) in [5, 5.41) is 18.7. The summed E-state index contributed by atoms with van der Waals surface area (Å²) < 4.78 is 16.7. The third kappa shape index (κ3) is 4.03. The fraction of sp³-hybridized carbons (Fsp3) is 0.185. The van der Waals surface area contributed by atoms with Crippen molar-refractivity contribution < 1.29 is 9.50 Å². The number of aromatic hydroxyl groups is 1. The Balaban J connectivity index is 1.48. The van der Waals surface area contributed by atoms with E-state index in [0.29, 0.717) is 28.8 Å². The van der Waals surface area contributed by atoms with Gasteiger partial charge < -0.3 is 16.2 Å². The lowest BCUT2D eigenvalue weighted by Crippen LogP contribution is -2.29. The summed E-state index contributed by atoms with van der Waals surface area (Å²) in [4.78, 5) is 13.4. The van der Waals surface area contributed by atoms with Gasteiger partial charge in [-0.3, -0.25) is 4.68 Å². The molecule has 0 unspecified atom stereocenters. The highest BCUT2D eigenvalue weighted by Crippen LogP contribution is 2.37. The molecule has 0 aliphatic carbocycles. The van der Waals surface area contributed by atoms with E-state index in [1.54, 1.807) is 18.5 Å². The molecule has 4 N–H and O–H groups in total. The zero-order valence-electron chi connectivity index (χ0n) is 19.4. The number of nitrogen functional groups attached to an aromatic ring is 1. The van der Waals surface area contributed by atoms with Gasteiger partial charge in [-0.15, -0.1) is 0 Å². The minimum Gasteiger partial charge on any atom is -0.508 e. The zero-order chi connectivity index (χ0) is 24.6. The van der Waals surface area contributed by atoms with Gasteiger partial charge in [0.25, 0.3) is 0 Å². The van der Waals surface area contributed by atoms with Gasteiger partial charge in [0.15, 0.2) is 5.65 Å². The molecular formula is C27H24FN7O. The lowest BCUT2D eigenvalue weighted by Gasteiger charge is -2.22. The number of hydrogen-bond acceptors (Lipinski definition) is 7. The Kier molecular flexibility index (Phi) is 5.54. The van der Waals surface area contributed by atoms with Crippen molar-refractivity contribution in [3.05, 3.63) is 73.1 Å². The van der Waals surface area contributed by atoms with Gasteiger partial charge in [0.05, 0.1) is 17.9 Å². The number of anilines is 1. The van der Waals surface area contributed by atoms with Crippen molar-refractivity contribution in [1.29, 1.82) is 0 Å². The molecule has 0 amide bonds. The topological polar surface area (TPSA) is 115 Å². The number of nitrogens with two attached hydrogens (primary N) is 1. The number of benzene rings is 1. The van der Waals surface area contributed by atoms with E-state index in [1.165, 1.54) is 18.2 Å². The van der Waals surface area contributed by atoms with Crippen LogP contribution in [0.1, 0.15) is 18.9 Å². The summed E-state index contributed by atoms with van der Waals surface area (Å²) >= 11 is 0. The van der Waals surface area contributed by atoms with Crippen molar-refractivity contribution >= 4 is 16.9 Å². The summed E-state index contributed by atoms with van der Waals surface area (Å²) in [7, 11) is 0. The predicted molar refractivity (Wildman–Crippen MR) is 137 cm³/mol. The molecule has 1 saturated heterocycles. The lowest BCUT2D eigenvalue weighted by molar-refractivity contribution is 0.343. The van der Waals surface area contributed by atoms with Gasteiger partial charge in [-0.1, -0.05) is 0 Å². The minimum absolute atomic E-state index is 0.0511. The molecule has 0 saturated carbocycles. The van der Waals surface area contributed by atoms with Crippen molar-refractivity contribution in [2.75, 3.05) is 18.8 Å². The lowest BCUT2D eigenvalue weighted by atomic mass is 9.98. The Morgan fingerprint density at radius 1 is 0.972 bits per heavy atom. The van der Waals surface area contributed by atoms with E-state index in [0.717, 1.165) is 48.0 Å². The Labute approximate surface area is 206 Å². The molecule has 1 aromatic carbocycles. The molecule has 36 heavy (non-hydrogen) atoms. The number of pyridine rings is 3. The number of aromatic nitrogens is 5. The van der Waals surface area contributed by atoms with Crippen LogP contribution < -0.4 is 11.1 Å². The van der Waals surface area contributed by atoms with Crippen molar-refractivity contribution in [2.45, 2.75) is 18.9 Å². The molecular weight excluding hydrogens is 457 g/mol. The SMILES string of the molecule is Nc1ncc(-c2cnn(C3CCNCC3)c2)cc1-c1cc(-c2cc(O)ccc2F)nc2ncccc12. The van der Waals surface area contributed by atoms with Crippen molar-refractivity contribution in [3.8, 4) is 39.3 Å². The molecule has 0 spiro atoms. The van der Waals surface area contributed by atoms with Crippen LogP contribution >= 0.6 is 0 Å². The largest absolute Gasteiger partial charge is 0.508 e. The van der Waals surface area contributed by atoms with E-state index in [9.17, 15) is 9.50 Å². The molecule has 5 heterocycles. The van der Waals surface area contributed by atoms with Crippen LogP contribution in [0.25, 0.3) is 44.5 Å². The first-order chi connectivity index (χ1) is 17.6. The quantitative estimate of drug-likeness (QED) is 0.344. The second kappa shape index (κ2) is 9.01. The summed E-state index contributed by atoms with van der Waals surface area (Å²) in [5.74, 6) is -0.209. The van der Waals surface area contributed by atoms with Crippen LogP contribution in [0.4, 0.5) is 10.2 Å². The Hall–Kier alpha value is -4.37. The molecule has 8 nitrogen and oxygen atoms in total. The van der Waals surface area contributed by atoms with Crippen molar-refractivity contribution in [2.24, 2.45) is 0 Å². The van der Waals surface area contributed by atoms with E-state index in [1.807, 2.05) is 35.3 Å². The van der Waals surface area contributed by atoms with Crippen LogP contribution in [-0.4, -0.2) is 42.9 Å². The maximum absolute atomic E-state index is 14.7. The standard InChI is InChI=1S/C27H24FN7O/c28-24-4-3-19(36)11-23(24)25-12-21(20-2-1-7-31-27(20)34-25)22-10-16(13-32-26(22)29)17-14-33-35(15-17)18-5-8-30-9-6-18/h1-4,7,10-15,18,30,36H,5-6,8-9H2,(H2,29,32). The molecule has 1 aliphatic rings. The molecule has 0 radical (unpaired) electrons. The fourth-order valence-corrected chi connectivity index (χ4v) is 4.73. The molecule has 0 atom stereocenters. The molecule has 5 aromatic rings. The molecule has 0 bridgehead atoms. The van der Waals surface area contributed by atoms with Crippen LogP contribution in [0.2, 0.25) is 0 Å². The Morgan fingerprint density at radius 3 is 2.69 bits per heavy atom. The van der Waals surface area contributed by atoms with E-state index < -0.39 is 5.82 Å². The number of piperidine rings is 1. The van der Waals surface area contributed by atoms with E-state index in [-0.39, 0.29) is 11.3 Å². The summed E-state index contributed by atoms with van der Waals surface area (Å²) in [5.41, 5.74) is 10.5. The number of rotatable bonds is 4. The fourth-order valence-electron chi connectivity index (χ4n) is 4.73. The summed E-state index contributed by atoms with van der Waals surface area (Å²) in [6, 6.07) is 11.7. The number of nitrogens with zero attached hydrogens (tertiary/aromatic N) is 5. The van der Waals surface area contributed by atoms with Crippen LogP contribution in [-0.2, 0) is 0 Å². The number of phenols is 1. The normalized spacial score (nSPS) is 14.4. The van der Waals surface area contributed by atoms with Crippen LogP contribution in [0, 0.1) is 5.82 Å². The molecule has 1 aliphatic heterocycles. The number of nitrogens with one attached hydrogen (secondary N) is 1.